The monoisotopic (exact) mass is 388 g/mol. The van der Waals surface area contributed by atoms with Gasteiger partial charge < -0.3 is 9.88 Å². The Labute approximate surface area is 167 Å². The standard InChI is InChI=1S/C21H32N4OS/c1-14(2)25-13-23-24-20(25)27-12-19(26)22-9-8-18-15(3)10-17(11-16(18)4)21(5,6)7/h10-11,13-14H,8-9,12H2,1-7H3,(H,22,26). The topological polar surface area (TPSA) is 59.8 Å². The molecule has 1 amide bonds. The minimum Gasteiger partial charge on any atom is -0.355 e. The maximum Gasteiger partial charge on any atom is 0.230 e. The maximum absolute atomic E-state index is 12.2. The molecule has 1 heterocycles. The van der Waals surface area contributed by atoms with Gasteiger partial charge in [-0.3, -0.25) is 4.79 Å². The first-order valence-corrected chi connectivity index (χ1v) is 10.5. The first-order chi connectivity index (χ1) is 12.6. The smallest absolute Gasteiger partial charge is 0.230 e. The van der Waals surface area contributed by atoms with Crippen LogP contribution in [-0.2, 0) is 16.6 Å². The van der Waals surface area contributed by atoms with Crippen molar-refractivity contribution in [3.8, 4) is 0 Å². The zero-order valence-corrected chi connectivity index (χ0v) is 18.4. The molecule has 1 aromatic heterocycles. The van der Waals surface area contributed by atoms with Gasteiger partial charge in [-0.05, 0) is 61.8 Å². The fourth-order valence-electron chi connectivity index (χ4n) is 3.02. The molecule has 2 rings (SSSR count). The molecule has 0 saturated heterocycles. The molecule has 0 spiro atoms. The Balaban J connectivity index is 1.87. The Bertz CT molecular complexity index is 767. The van der Waals surface area contributed by atoms with Crippen LogP contribution in [0.3, 0.4) is 0 Å². The van der Waals surface area contributed by atoms with E-state index in [2.05, 4.69) is 76.1 Å². The largest absolute Gasteiger partial charge is 0.355 e. The third kappa shape index (κ3) is 5.83. The lowest BCUT2D eigenvalue weighted by molar-refractivity contribution is -0.118. The van der Waals surface area contributed by atoms with Gasteiger partial charge >= 0.3 is 0 Å². The fourth-order valence-corrected chi connectivity index (χ4v) is 3.89. The van der Waals surface area contributed by atoms with Gasteiger partial charge in [-0.15, -0.1) is 10.2 Å². The number of carbonyl (C=O) groups excluding carboxylic acids is 1. The molecule has 0 aliphatic rings. The normalized spacial score (nSPS) is 11.9. The van der Waals surface area contributed by atoms with Crippen LogP contribution in [0.5, 0.6) is 0 Å². The lowest BCUT2D eigenvalue weighted by Crippen LogP contribution is -2.28. The van der Waals surface area contributed by atoms with Gasteiger partial charge in [0.1, 0.15) is 6.33 Å². The zero-order chi connectivity index (χ0) is 20.2. The average Bonchev–Trinajstić information content (AvgIpc) is 3.03. The number of benzene rings is 1. The molecule has 0 bridgehead atoms. The summed E-state index contributed by atoms with van der Waals surface area (Å²) in [6, 6.07) is 4.84. The molecule has 5 nitrogen and oxygen atoms in total. The van der Waals surface area contributed by atoms with E-state index in [0.29, 0.717) is 12.3 Å². The highest BCUT2D eigenvalue weighted by molar-refractivity contribution is 7.99. The quantitative estimate of drug-likeness (QED) is 0.721. The lowest BCUT2D eigenvalue weighted by Gasteiger charge is -2.22. The molecule has 6 heteroatoms. The van der Waals surface area contributed by atoms with Crippen LogP contribution in [0.2, 0.25) is 0 Å². The van der Waals surface area contributed by atoms with Gasteiger partial charge in [-0.2, -0.15) is 0 Å². The van der Waals surface area contributed by atoms with Crippen molar-refractivity contribution in [3.63, 3.8) is 0 Å². The van der Waals surface area contributed by atoms with Crippen molar-refractivity contribution in [1.82, 2.24) is 20.1 Å². The van der Waals surface area contributed by atoms with Crippen molar-refractivity contribution in [1.29, 1.82) is 0 Å². The molecule has 2 aromatic rings. The van der Waals surface area contributed by atoms with Crippen molar-refractivity contribution in [2.75, 3.05) is 12.3 Å². The van der Waals surface area contributed by atoms with Gasteiger partial charge in [0, 0.05) is 12.6 Å². The summed E-state index contributed by atoms with van der Waals surface area (Å²) >= 11 is 1.42. The van der Waals surface area contributed by atoms with E-state index in [9.17, 15) is 4.79 Å². The van der Waals surface area contributed by atoms with Gasteiger partial charge in [-0.25, -0.2) is 0 Å². The van der Waals surface area contributed by atoms with E-state index >= 15 is 0 Å². The average molecular weight is 389 g/mol. The Hall–Kier alpha value is -1.82. The molecule has 1 N–H and O–H groups in total. The van der Waals surface area contributed by atoms with Crippen molar-refractivity contribution < 1.29 is 4.79 Å². The third-order valence-electron chi connectivity index (χ3n) is 4.69. The molecule has 0 radical (unpaired) electrons. The number of thioether (sulfide) groups is 1. The molecule has 0 aliphatic carbocycles. The first-order valence-electron chi connectivity index (χ1n) is 9.49. The van der Waals surface area contributed by atoms with Crippen LogP contribution in [-0.4, -0.2) is 33.0 Å². The molecule has 0 aliphatic heterocycles. The van der Waals surface area contributed by atoms with Crippen LogP contribution in [0.15, 0.2) is 23.6 Å². The predicted molar refractivity (Wildman–Crippen MR) is 112 cm³/mol. The van der Waals surface area contributed by atoms with Gasteiger partial charge in [0.05, 0.1) is 5.75 Å². The number of nitrogens with zero attached hydrogens (tertiary/aromatic N) is 3. The number of hydrogen-bond donors (Lipinski definition) is 1. The lowest BCUT2D eigenvalue weighted by atomic mass is 9.83. The molecule has 0 unspecified atom stereocenters. The van der Waals surface area contributed by atoms with Crippen LogP contribution in [0.25, 0.3) is 0 Å². The van der Waals surface area contributed by atoms with Crippen molar-refractivity contribution in [2.24, 2.45) is 0 Å². The molecular weight excluding hydrogens is 356 g/mol. The molecule has 0 atom stereocenters. The summed E-state index contributed by atoms with van der Waals surface area (Å²) in [6.45, 7) is 15.8. The van der Waals surface area contributed by atoms with Crippen LogP contribution in [0.1, 0.15) is 62.9 Å². The summed E-state index contributed by atoms with van der Waals surface area (Å²) < 4.78 is 1.97. The Kier molecular flexibility index (Phi) is 7.09. The Morgan fingerprint density at radius 2 is 1.85 bits per heavy atom. The van der Waals surface area contributed by atoms with E-state index in [0.717, 1.165) is 11.6 Å². The summed E-state index contributed by atoms with van der Waals surface area (Å²) in [5.74, 6) is 0.381. The second kappa shape index (κ2) is 8.91. The van der Waals surface area contributed by atoms with E-state index in [4.69, 9.17) is 0 Å². The van der Waals surface area contributed by atoms with Crippen LogP contribution in [0.4, 0.5) is 0 Å². The Morgan fingerprint density at radius 1 is 1.22 bits per heavy atom. The summed E-state index contributed by atoms with van der Waals surface area (Å²) in [5.41, 5.74) is 5.43. The molecule has 0 saturated carbocycles. The molecule has 0 fully saturated rings. The number of rotatable bonds is 7. The SMILES string of the molecule is Cc1cc(C(C)(C)C)cc(C)c1CCNC(=O)CSc1nncn1C(C)C. The number of aryl methyl sites for hydroxylation is 2. The van der Waals surface area contributed by atoms with Crippen LogP contribution in [0, 0.1) is 13.8 Å². The first kappa shape index (κ1) is 21.5. The predicted octanol–water partition coefficient (Wildman–Crippen LogP) is 4.22. The second-order valence-corrected chi connectivity index (χ2v) is 9.28. The maximum atomic E-state index is 12.2. The molecule has 27 heavy (non-hydrogen) atoms. The minimum atomic E-state index is 0.0277. The van der Waals surface area contributed by atoms with Crippen molar-refractivity contribution >= 4 is 17.7 Å². The van der Waals surface area contributed by atoms with Crippen LogP contribution < -0.4 is 5.32 Å². The van der Waals surface area contributed by atoms with Gasteiger partial charge in [0.25, 0.3) is 0 Å². The third-order valence-corrected chi connectivity index (χ3v) is 5.65. The minimum absolute atomic E-state index is 0.0277. The van der Waals surface area contributed by atoms with Gasteiger partial charge in [0.2, 0.25) is 5.91 Å². The van der Waals surface area contributed by atoms with Crippen molar-refractivity contribution in [3.05, 3.63) is 40.7 Å². The highest BCUT2D eigenvalue weighted by Gasteiger charge is 2.16. The summed E-state index contributed by atoms with van der Waals surface area (Å²) in [5, 5.41) is 11.8. The van der Waals surface area contributed by atoms with E-state index in [1.54, 1.807) is 6.33 Å². The number of nitrogens with one attached hydrogen (secondary N) is 1. The number of amides is 1. The Morgan fingerprint density at radius 3 is 2.41 bits per heavy atom. The second-order valence-electron chi connectivity index (χ2n) is 8.34. The molecule has 148 valence electrons. The summed E-state index contributed by atoms with van der Waals surface area (Å²) in [7, 11) is 0. The van der Waals surface area contributed by atoms with Crippen molar-refractivity contribution in [2.45, 2.75) is 71.5 Å². The van der Waals surface area contributed by atoms with E-state index in [1.807, 2.05) is 4.57 Å². The van der Waals surface area contributed by atoms with Gasteiger partial charge in [-0.1, -0.05) is 44.7 Å². The highest BCUT2D eigenvalue weighted by Crippen LogP contribution is 2.27. The van der Waals surface area contributed by atoms with E-state index in [1.165, 1.54) is 34.0 Å². The molecular formula is C21H32N4OS. The van der Waals surface area contributed by atoms with E-state index in [-0.39, 0.29) is 17.4 Å². The summed E-state index contributed by atoms with van der Waals surface area (Å²) in [4.78, 5) is 12.2. The number of hydrogen-bond acceptors (Lipinski definition) is 4. The molecule has 1 aromatic carbocycles. The highest BCUT2D eigenvalue weighted by atomic mass is 32.2. The fraction of sp³-hybridized carbons (Fsp3) is 0.571. The summed E-state index contributed by atoms with van der Waals surface area (Å²) in [6.07, 6.45) is 2.55. The van der Waals surface area contributed by atoms with Gasteiger partial charge in [0.15, 0.2) is 5.16 Å². The zero-order valence-electron chi connectivity index (χ0n) is 17.6. The van der Waals surface area contributed by atoms with Crippen LogP contribution >= 0.6 is 11.8 Å². The van der Waals surface area contributed by atoms with E-state index < -0.39 is 0 Å². The number of aromatic nitrogens is 3. The number of carbonyl (C=O) groups is 1.